The smallest absolute Gasteiger partial charge is 0.240 e. The van der Waals surface area contributed by atoms with Crippen molar-refractivity contribution < 1.29 is 13.2 Å². The molecule has 0 fully saturated rings. The van der Waals surface area contributed by atoms with Crippen molar-refractivity contribution in [2.24, 2.45) is 0 Å². The fraction of sp³-hybridized carbons (Fsp3) is 0.538. The third kappa shape index (κ3) is 3.39. The second-order valence-corrected chi connectivity index (χ2v) is 6.49. The van der Waals surface area contributed by atoms with E-state index in [0.29, 0.717) is 18.8 Å². The lowest BCUT2D eigenvalue weighted by Gasteiger charge is -2.25. The lowest BCUT2D eigenvalue weighted by molar-refractivity contribution is 0.226. The second-order valence-electron chi connectivity index (χ2n) is 4.72. The van der Waals surface area contributed by atoms with E-state index in [-0.39, 0.29) is 11.0 Å². The number of sulfonamides is 1. The van der Waals surface area contributed by atoms with Gasteiger partial charge in [-0.2, -0.15) is 0 Å². The van der Waals surface area contributed by atoms with Crippen molar-refractivity contribution in [3.8, 4) is 5.75 Å². The van der Waals surface area contributed by atoms with E-state index in [2.05, 4.69) is 10.0 Å². The van der Waals surface area contributed by atoms with E-state index in [1.807, 2.05) is 13.8 Å². The molecule has 0 amide bonds. The standard InChI is InChI=1S/C13H20N2O3S/c1-3-4-7-15-19(16,17)11-5-6-13-12(8-11)14-9-10(2)18-13/h5-6,8,10,14-15H,3-4,7,9H2,1-2H3. The zero-order valence-electron chi connectivity index (χ0n) is 11.3. The van der Waals surface area contributed by atoms with Gasteiger partial charge in [-0.1, -0.05) is 13.3 Å². The minimum Gasteiger partial charge on any atom is -0.487 e. The summed E-state index contributed by atoms with van der Waals surface area (Å²) in [7, 11) is -3.43. The van der Waals surface area contributed by atoms with Gasteiger partial charge in [-0.25, -0.2) is 13.1 Å². The van der Waals surface area contributed by atoms with Gasteiger partial charge in [0.15, 0.2) is 0 Å². The summed E-state index contributed by atoms with van der Waals surface area (Å²) in [6.07, 6.45) is 1.89. The zero-order valence-corrected chi connectivity index (χ0v) is 12.1. The molecule has 1 aromatic carbocycles. The molecule has 1 atom stereocenters. The van der Waals surface area contributed by atoms with Crippen LogP contribution in [-0.4, -0.2) is 27.6 Å². The van der Waals surface area contributed by atoms with Crippen LogP contribution in [0.1, 0.15) is 26.7 Å². The molecule has 5 nitrogen and oxygen atoms in total. The van der Waals surface area contributed by atoms with Crippen molar-refractivity contribution in [3.63, 3.8) is 0 Å². The van der Waals surface area contributed by atoms with E-state index in [1.165, 1.54) is 0 Å². The largest absolute Gasteiger partial charge is 0.487 e. The molecule has 19 heavy (non-hydrogen) atoms. The van der Waals surface area contributed by atoms with E-state index in [1.54, 1.807) is 18.2 Å². The minimum atomic E-state index is -3.43. The van der Waals surface area contributed by atoms with Gasteiger partial charge in [0.05, 0.1) is 17.1 Å². The summed E-state index contributed by atoms with van der Waals surface area (Å²) in [4.78, 5) is 0.271. The highest BCUT2D eigenvalue weighted by Gasteiger charge is 2.19. The van der Waals surface area contributed by atoms with Gasteiger partial charge >= 0.3 is 0 Å². The van der Waals surface area contributed by atoms with Crippen LogP contribution in [0.15, 0.2) is 23.1 Å². The van der Waals surface area contributed by atoms with Crippen molar-refractivity contribution in [3.05, 3.63) is 18.2 Å². The van der Waals surface area contributed by atoms with Crippen molar-refractivity contribution in [1.82, 2.24) is 4.72 Å². The predicted molar refractivity (Wildman–Crippen MR) is 75.1 cm³/mol. The maximum absolute atomic E-state index is 12.1. The zero-order chi connectivity index (χ0) is 13.9. The molecule has 2 N–H and O–H groups in total. The molecule has 1 unspecified atom stereocenters. The molecule has 1 aliphatic rings. The Morgan fingerprint density at radius 2 is 2.26 bits per heavy atom. The van der Waals surface area contributed by atoms with Gasteiger partial charge in [-0.15, -0.1) is 0 Å². The van der Waals surface area contributed by atoms with Gasteiger partial charge < -0.3 is 10.1 Å². The Bertz CT molecular complexity index is 543. The Morgan fingerprint density at radius 1 is 1.47 bits per heavy atom. The average molecular weight is 284 g/mol. The maximum atomic E-state index is 12.1. The average Bonchev–Trinajstić information content (AvgIpc) is 2.38. The molecule has 1 aromatic rings. The first-order valence-corrected chi connectivity index (χ1v) is 8.05. The highest BCUT2D eigenvalue weighted by Crippen LogP contribution is 2.31. The van der Waals surface area contributed by atoms with Gasteiger partial charge in [-0.05, 0) is 31.5 Å². The predicted octanol–water partition coefficient (Wildman–Crippen LogP) is 1.96. The SMILES string of the molecule is CCCCNS(=O)(=O)c1ccc2c(c1)NCC(C)O2. The number of nitrogens with one attached hydrogen (secondary N) is 2. The monoisotopic (exact) mass is 284 g/mol. The van der Waals surface area contributed by atoms with Gasteiger partial charge in [-0.3, -0.25) is 0 Å². The number of anilines is 1. The molecule has 6 heteroatoms. The van der Waals surface area contributed by atoms with Gasteiger partial charge in [0.1, 0.15) is 11.9 Å². The number of ether oxygens (including phenoxy) is 1. The molecule has 0 spiro atoms. The third-order valence-electron chi connectivity index (χ3n) is 2.99. The van der Waals surface area contributed by atoms with E-state index in [9.17, 15) is 8.42 Å². The third-order valence-corrected chi connectivity index (χ3v) is 4.45. The lowest BCUT2D eigenvalue weighted by Crippen LogP contribution is -2.28. The van der Waals surface area contributed by atoms with Crippen molar-refractivity contribution in [2.75, 3.05) is 18.4 Å². The molecule has 0 bridgehead atoms. The van der Waals surface area contributed by atoms with Gasteiger partial charge in [0, 0.05) is 6.54 Å². The molecular weight excluding hydrogens is 264 g/mol. The quantitative estimate of drug-likeness (QED) is 0.811. The van der Waals surface area contributed by atoms with Crippen LogP contribution in [0.3, 0.4) is 0 Å². The number of fused-ring (bicyclic) bond motifs is 1. The van der Waals surface area contributed by atoms with Gasteiger partial charge in [0.25, 0.3) is 0 Å². The number of hydrogen-bond donors (Lipinski definition) is 2. The highest BCUT2D eigenvalue weighted by molar-refractivity contribution is 7.89. The summed E-state index contributed by atoms with van der Waals surface area (Å²) in [5.74, 6) is 0.700. The summed E-state index contributed by atoms with van der Waals surface area (Å²) in [6, 6.07) is 4.90. The molecule has 0 aromatic heterocycles. The van der Waals surface area contributed by atoms with Crippen LogP contribution in [-0.2, 0) is 10.0 Å². The summed E-state index contributed by atoms with van der Waals surface area (Å²) in [6.45, 7) is 5.14. The Hall–Kier alpha value is -1.27. The van der Waals surface area contributed by atoms with Crippen LogP contribution in [0, 0.1) is 0 Å². The molecule has 0 aliphatic carbocycles. The molecule has 0 saturated heterocycles. The second kappa shape index (κ2) is 5.79. The normalized spacial score (nSPS) is 18.3. The van der Waals surface area contributed by atoms with E-state index >= 15 is 0 Å². The molecule has 1 heterocycles. The molecule has 0 radical (unpaired) electrons. The van der Waals surface area contributed by atoms with Crippen LogP contribution in [0.25, 0.3) is 0 Å². The number of unbranched alkanes of at least 4 members (excludes halogenated alkanes) is 1. The lowest BCUT2D eigenvalue weighted by atomic mass is 10.2. The first-order valence-electron chi connectivity index (χ1n) is 6.57. The fourth-order valence-electron chi connectivity index (χ4n) is 1.90. The summed E-state index contributed by atoms with van der Waals surface area (Å²) < 4.78 is 32.4. The summed E-state index contributed by atoms with van der Waals surface area (Å²) in [5.41, 5.74) is 0.733. The van der Waals surface area contributed by atoms with E-state index < -0.39 is 10.0 Å². The summed E-state index contributed by atoms with van der Waals surface area (Å²) in [5, 5.41) is 3.17. The number of rotatable bonds is 5. The van der Waals surface area contributed by atoms with Crippen LogP contribution >= 0.6 is 0 Å². The van der Waals surface area contributed by atoms with Crippen molar-refractivity contribution >= 4 is 15.7 Å². The van der Waals surface area contributed by atoms with Crippen molar-refractivity contribution in [2.45, 2.75) is 37.7 Å². The van der Waals surface area contributed by atoms with Crippen LogP contribution < -0.4 is 14.8 Å². The van der Waals surface area contributed by atoms with Gasteiger partial charge in [0.2, 0.25) is 10.0 Å². The first kappa shape index (κ1) is 14.1. The van der Waals surface area contributed by atoms with E-state index in [0.717, 1.165) is 18.5 Å². The van der Waals surface area contributed by atoms with Crippen LogP contribution in [0.4, 0.5) is 5.69 Å². The Kier molecular flexibility index (Phi) is 4.31. The Labute approximate surface area is 114 Å². The molecular formula is C13H20N2O3S. The highest BCUT2D eigenvalue weighted by atomic mass is 32.2. The molecule has 106 valence electrons. The maximum Gasteiger partial charge on any atom is 0.240 e. The summed E-state index contributed by atoms with van der Waals surface area (Å²) >= 11 is 0. The topological polar surface area (TPSA) is 67.4 Å². The van der Waals surface area contributed by atoms with Crippen molar-refractivity contribution in [1.29, 1.82) is 0 Å². The minimum absolute atomic E-state index is 0.0950. The number of benzene rings is 1. The number of hydrogen-bond acceptors (Lipinski definition) is 4. The molecule has 1 aliphatic heterocycles. The van der Waals surface area contributed by atoms with Crippen LogP contribution in [0.2, 0.25) is 0 Å². The van der Waals surface area contributed by atoms with E-state index in [4.69, 9.17) is 4.74 Å². The first-order chi connectivity index (χ1) is 9.03. The fourth-order valence-corrected chi connectivity index (χ4v) is 3.00. The molecule has 0 saturated carbocycles. The Balaban J connectivity index is 2.17. The van der Waals surface area contributed by atoms with Crippen LogP contribution in [0.5, 0.6) is 5.75 Å². The molecule has 2 rings (SSSR count). The Morgan fingerprint density at radius 3 is 3.00 bits per heavy atom.